The van der Waals surface area contributed by atoms with Gasteiger partial charge in [0.15, 0.2) is 0 Å². The molecule has 36 heavy (non-hydrogen) atoms. The van der Waals surface area contributed by atoms with Gasteiger partial charge in [0.2, 0.25) is 5.95 Å². The van der Waals surface area contributed by atoms with Crippen LogP contribution in [-0.2, 0) is 0 Å². The number of β-amino-alcohol motifs (C(OH)–C–C–N with tert-alkyl or cyclic N) is 1. The number of para-hydroxylation sites is 1. The first-order chi connectivity index (χ1) is 17.2. The van der Waals surface area contributed by atoms with Crippen molar-refractivity contribution in [2.45, 2.75) is 37.6 Å². The maximum Gasteiger partial charge on any atom is 0.387 e. The van der Waals surface area contributed by atoms with Crippen LogP contribution in [0.2, 0.25) is 0 Å². The molecule has 1 aliphatic carbocycles. The van der Waals surface area contributed by atoms with Crippen molar-refractivity contribution in [3.8, 4) is 16.9 Å². The molecule has 4 aromatic rings. The zero-order chi connectivity index (χ0) is 25.2. The summed E-state index contributed by atoms with van der Waals surface area (Å²) < 4.78 is 47.6. The Kier molecular flexibility index (Phi) is 5.16. The second-order valence-corrected chi connectivity index (χ2v) is 9.49. The number of aliphatic hydroxyl groups is 2. The highest BCUT2D eigenvalue weighted by Gasteiger charge is 2.39. The van der Waals surface area contributed by atoms with Crippen LogP contribution >= 0.6 is 0 Å². The lowest BCUT2D eigenvalue weighted by Gasteiger charge is -2.44. The second kappa shape index (κ2) is 8.17. The molecule has 2 N–H and O–H groups in total. The van der Waals surface area contributed by atoms with Crippen LogP contribution in [0.5, 0.6) is 5.75 Å². The molecule has 0 radical (unpaired) electrons. The van der Waals surface area contributed by atoms with E-state index >= 15 is 4.39 Å². The number of halogens is 3. The third-order valence-electron chi connectivity index (χ3n) is 6.69. The van der Waals surface area contributed by atoms with E-state index in [4.69, 9.17) is 4.74 Å². The minimum atomic E-state index is -3.00. The lowest BCUT2D eigenvalue weighted by Crippen LogP contribution is -2.60. The monoisotopic (exact) mass is 497 g/mol. The van der Waals surface area contributed by atoms with Crippen molar-refractivity contribution in [1.82, 2.24) is 19.4 Å². The summed E-state index contributed by atoms with van der Waals surface area (Å²) in [5, 5.41) is 20.6. The largest absolute Gasteiger partial charge is 0.435 e. The number of hydrogen-bond acceptors (Lipinski definition) is 7. The average molecular weight is 497 g/mol. The number of nitrogens with zero attached hydrogens (tertiary/aromatic N) is 5. The Balaban J connectivity index is 1.41. The van der Waals surface area contributed by atoms with Gasteiger partial charge in [-0.3, -0.25) is 0 Å². The Bertz CT molecular complexity index is 1450. The number of ether oxygens (including phenoxy) is 1. The molecule has 2 atom stereocenters. The predicted octanol–water partition coefficient (Wildman–Crippen LogP) is 3.67. The van der Waals surface area contributed by atoms with E-state index in [9.17, 15) is 19.0 Å². The van der Waals surface area contributed by atoms with Crippen LogP contribution in [0.3, 0.4) is 0 Å². The van der Waals surface area contributed by atoms with Gasteiger partial charge in [-0.2, -0.15) is 8.78 Å². The van der Waals surface area contributed by atoms with Crippen LogP contribution in [0.1, 0.15) is 42.3 Å². The Hall–Kier alpha value is -3.70. The standard InChI is InChI=1S/C25H22F3N5O3/c1-25(35)11-32(12-25)24-29-8-13(9-30-24)16-10-33-20(7-17(16)26)31-21-18(34)6-15(22(21)33)14-4-2-3-5-19(14)36-23(27)28/h2-5,7-10,15,18,23,34-35H,6,11-12H2,1H3/t15-,18-/m1/s1. The molecule has 1 fully saturated rings. The Morgan fingerprint density at radius 1 is 1.17 bits per heavy atom. The third kappa shape index (κ3) is 3.75. The van der Waals surface area contributed by atoms with Gasteiger partial charge >= 0.3 is 6.61 Å². The number of aromatic nitrogens is 4. The minimum absolute atomic E-state index is 0.0174. The van der Waals surface area contributed by atoms with E-state index in [-0.39, 0.29) is 23.4 Å². The number of rotatable bonds is 5. The summed E-state index contributed by atoms with van der Waals surface area (Å²) in [6.45, 7) is -0.443. The highest BCUT2D eigenvalue weighted by molar-refractivity contribution is 5.66. The van der Waals surface area contributed by atoms with E-state index in [0.29, 0.717) is 41.6 Å². The number of benzene rings is 1. The van der Waals surface area contributed by atoms with E-state index in [2.05, 4.69) is 15.0 Å². The molecule has 11 heteroatoms. The fourth-order valence-corrected chi connectivity index (χ4v) is 5.14. The van der Waals surface area contributed by atoms with Crippen molar-refractivity contribution >= 4 is 11.6 Å². The molecule has 4 heterocycles. The zero-order valence-corrected chi connectivity index (χ0v) is 19.1. The van der Waals surface area contributed by atoms with Crippen LogP contribution in [-0.4, -0.2) is 54.9 Å². The molecule has 8 nitrogen and oxygen atoms in total. The summed E-state index contributed by atoms with van der Waals surface area (Å²) in [5.74, 6) is -0.573. The molecular formula is C25H22F3N5O3. The molecule has 0 saturated carbocycles. The normalized spacial score (nSPS) is 20.6. The first-order valence-corrected chi connectivity index (χ1v) is 11.4. The van der Waals surface area contributed by atoms with E-state index in [1.54, 1.807) is 35.7 Å². The van der Waals surface area contributed by atoms with Gasteiger partial charge in [-0.25, -0.2) is 19.3 Å². The van der Waals surface area contributed by atoms with Gasteiger partial charge < -0.3 is 24.3 Å². The summed E-state index contributed by atoms with van der Waals surface area (Å²) in [6, 6.07) is 7.70. The van der Waals surface area contributed by atoms with Gasteiger partial charge in [-0.15, -0.1) is 0 Å². The van der Waals surface area contributed by atoms with Gasteiger partial charge in [0.25, 0.3) is 0 Å². The quantitative estimate of drug-likeness (QED) is 0.434. The molecule has 1 aromatic carbocycles. The molecule has 2 aliphatic rings. The second-order valence-electron chi connectivity index (χ2n) is 9.49. The first kappa shape index (κ1) is 22.7. The van der Waals surface area contributed by atoms with Gasteiger partial charge in [-0.05, 0) is 19.4 Å². The summed E-state index contributed by atoms with van der Waals surface area (Å²) in [5.41, 5.74) is 1.62. The topological polar surface area (TPSA) is 96.0 Å². The Labute approximate surface area is 203 Å². The SMILES string of the molecule is CC1(O)CN(c2ncc(-c3cn4c5c(nc4cc3F)[C@H](O)C[C@@H]5c3ccccc3OC(F)F)cn2)C1. The van der Waals surface area contributed by atoms with Gasteiger partial charge in [0.1, 0.15) is 17.2 Å². The van der Waals surface area contributed by atoms with Crippen molar-refractivity contribution < 1.29 is 28.1 Å². The predicted molar refractivity (Wildman–Crippen MR) is 124 cm³/mol. The van der Waals surface area contributed by atoms with Crippen molar-refractivity contribution in [3.63, 3.8) is 0 Å². The maximum absolute atomic E-state index is 15.1. The number of aliphatic hydroxyl groups excluding tert-OH is 1. The number of anilines is 1. The van der Waals surface area contributed by atoms with Crippen LogP contribution in [0, 0.1) is 5.82 Å². The number of pyridine rings is 1. The summed E-state index contributed by atoms with van der Waals surface area (Å²) in [7, 11) is 0. The van der Waals surface area contributed by atoms with Crippen LogP contribution in [0.25, 0.3) is 16.8 Å². The first-order valence-electron chi connectivity index (χ1n) is 11.4. The summed E-state index contributed by atoms with van der Waals surface area (Å²) in [4.78, 5) is 14.9. The maximum atomic E-state index is 15.1. The number of hydrogen-bond donors (Lipinski definition) is 2. The van der Waals surface area contributed by atoms with E-state index < -0.39 is 30.1 Å². The molecule has 6 rings (SSSR count). The van der Waals surface area contributed by atoms with Crippen molar-refractivity contribution in [2.24, 2.45) is 0 Å². The molecule has 0 amide bonds. The van der Waals surface area contributed by atoms with Gasteiger partial charge in [-0.1, -0.05) is 18.2 Å². The van der Waals surface area contributed by atoms with E-state index in [1.807, 2.05) is 4.90 Å². The molecule has 1 aliphatic heterocycles. The van der Waals surface area contributed by atoms with Crippen molar-refractivity contribution in [1.29, 1.82) is 0 Å². The van der Waals surface area contributed by atoms with E-state index in [0.717, 1.165) is 0 Å². The number of fused-ring (bicyclic) bond motifs is 3. The fourth-order valence-electron chi connectivity index (χ4n) is 5.14. The van der Waals surface area contributed by atoms with Gasteiger partial charge in [0, 0.05) is 47.3 Å². The number of imidazole rings is 1. The smallest absolute Gasteiger partial charge is 0.387 e. The molecule has 0 bridgehead atoms. The highest BCUT2D eigenvalue weighted by atomic mass is 19.3. The Morgan fingerprint density at radius 3 is 2.58 bits per heavy atom. The average Bonchev–Trinajstić information content (AvgIpc) is 3.34. The molecular weight excluding hydrogens is 475 g/mol. The number of alkyl halides is 2. The zero-order valence-electron chi connectivity index (χ0n) is 19.1. The van der Waals surface area contributed by atoms with Crippen molar-refractivity contribution in [2.75, 3.05) is 18.0 Å². The highest BCUT2D eigenvalue weighted by Crippen LogP contribution is 2.47. The lowest BCUT2D eigenvalue weighted by atomic mass is 9.95. The van der Waals surface area contributed by atoms with Gasteiger partial charge in [0.05, 0.1) is 36.2 Å². The summed E-state index contributed by atoms with van der Waals surface area (Å²) in [6.07, 6.45) is 3.87. The fraction of sp³-hybridized carbons (Fsp3) is 0.320. The molecule has 3 aromatic heterocycles. The van der Waals surface area contributed by atoms with Crippen molar-refractivity contribution in [3.05, 3.63) is 71.7 Å². The van der Waals surface area contributed by atoms with E-state index in [1.165, 1.54) is 24.5 Å². The minimum Gasteiger partial charge on any atom is -0.435 e. The molecule has 1 saturated heterocycles. The third-order valence-corrected chi connectivity index (χ3v) is 6.69. The molecule has 0 unspecified atom stereocenters. The summed E-state index contributed by atoms with van der Waals surface area (Å²) >= 11 is 0. The lowest BCUT2D eigenvalue weighted by molar-refractivity contribution is -0.0506. The molecule has 186 valence electrons. The Morgan fingerprint density at radius 2 is 1.89 bits per heavy atom. The van der Waals surface area contributed by atoms with Crippen LogP contribution in [0.4, 0.5) is 19.1 Å². The van der Waals surface area contributed by atoms with Crippen LogP contribution < -0.4 is 9.64 Å². The molecule has 0 spiro atoms. The van der Waals surface area contributed by atoms with Crippen LogP contribution in [0.15, 0.2) is 48.9 Å².